The number of nitrogens with zero attached hydrogens (tertiary/aromatic N) is 1. The molecule has 1 N–H and O–H groups in total. The molecule has 20 heavy (non-hydrogen) atoms. The summed E-state index contributed by atoms with van der Waals surface area (Å²) in [5.41, 5.74) is 2.33. The Morgan fingerprint density at radius 3 is 2.60 bits per heavy atom. The number of nitrogens with one attached hydrogen (secondary N) is 1. The first-order valence-corrected chi connectivity index (χ1v) is 7.72. The van der Waals surface area contributed by atoms with Crippen molar-refractivity contribution in [3.63, 3.8) is 0 Å². The molecule has 1 unspecified atom stereocenters. The van der Waals surface area contributed by atoms with Crippen molar-refractivity contribution in [3.8, 4) is 5.75 Å². The van der Waals surface area contributed by atoms with Crippen LogP contribution in [0.2, 0.25) is 0 Å². The lowest BCUT2D eigenvalue weighted by atomic mass is 10.0. The summed E-state index contributed by atoms with van der Waals surface area (Å²) in [5.74, 6) is 0.809. The van der Waals surface area contributed by atoms with Gasteiger partial charge in [-0.25, -0.2) is 0 Å². The maximum absolute atomic E-state index is 5.72. The van der Waals surface area contributed by atoms with E-state index in [4.69, 9.17) is 4.74 Å². The zero-order valence-electron chi connectivity index (χ0n) is 11.9. The molecule has 0 aliphatic heterocycles. The van der Waals surface area contributed by atoms with E-state index < -0.39 is 0 Å². The van der Waals surface area contributed by atoms with E-state index >= 15 is 0 Å². The van der Waals surface area contributed by atoms with Crippen LogP contribution < -0.4 is 10.1 Å². The van der Waals surface area contributed by atoms with Crippen molar-refractivity contribution in [2.75, 3.05) is 7.05 Å². The third-order valence-corrected chi connectivity index (χ3v) is 3.58. The van der Waals surface area contributed by atoms with Gasteiger partial charge in [0.15, 0.2) is 0 Å². The van der Waals surface area contributed by atoms with Crippen molar-refractivity contribution in [1.29, 1.82) is 0 Å². The molecule has 1 aromatic heterocycles. The van der Waals surface area contributed by atoms with Gasteiger partial charge in [0.1, 0.15) is 5.75 Å². The molecule has 0 amide bonds. The van der Waals surface area contributed by atoms with Gasteiger partial charge in [-0.05, 0) is 72.8 Å². The number of pyridine rings is 1. The Hall–Kier alpha value is -1.14. The average molecular weight is 382 g/mol. The predicted molar refractivity (Wildman–Crippen MR) is 90.1 cm³/mol. The van der Waals surface area contributed by atoms with Crippen molar-refractivity contribution >= 4 is 22.6 Å². The van der Waals surface area contributed by atoms with Crippen LogP contribution in [0.1, 0.15) is 31.0 Å². The molecule has 2 aromatic rings. The number of benzene rings is 1. The second-order valence-corrected chi connectivity index (χ2v) is 6.14. The molecule has 0 saturated carbocycles. The van der Waals surface area contributed by atoms with Crippen LogP contribution in [0, 0.1) is 3.57 Å². The van der Waals surface area contributed by atoms with Crippen LogP contribution in [0.3, 0.4) is 0 Å². The van der Waals surface area contributed by atoms with Gasteiger partial charge in [-0.1, -0.05) is 12.1 Å². The highest BCUT2D eigenvalue weighted by Crippen LogP contribution is 2.25. The third kappa shape index (κ3) is 3.93. The van der Waals surface area contributed by atoms with Crippen LogP contribution in [-0.4, -0.2) is 18.1 Å². The zero-order valence-corrected chi connectivity index (χ0v) is 14.1. The standard InChI is InChI=1S/C16H19IN2O/c1-11(2)20-15-8-13(9-19-10-15)16(18-3)12-5-4-6-14(17)7-12/h4-11,16,18H,1-3H3. The number of hydrogen-bond donors (Lipinski definition) is 1. The van der Waals surface area contributed by atoms with Crippen LogP contribution in [0.4, 0.5) is 0 Å². The Labute approximate surface area is 133 Å². The van der Waals surface area contributed by atoms with Gasteiger partial charge < -0.3 is 10.1 Å². The van der Waals surface area contributed by atoms with Crippen molar-refractivity contribution in [2.45, 2.75) is 26.0 Å². The van der Waals surface area contributed by atoms with E-state index in [2.05, 4.69) is 57.2 Å². The van der Waals surface area contributed by atoms with Crippen LogP contribution >= 0.6 is 22.6 Å². The monoisotopic (exact) mass is 382 g/mol. The first-order chi connectivity index (χ1) is 9.60. The number of halogens is 1. The van der Waals surface area contributed by atoms with Crippen LogP contribution in [0.25, 0.3) is 0 Å². The SMILES string of the molecule is CNC(c1cccc(I)c1)c1cncc(OC(C)C)c1. The fourth-order valence-corrected chi connectivity index (χ4v) is 2.71. The summed E-state index contributed by atoms with van der Waals surface area (Å²) in [7, 11) is 1.96. The van der Waals surface area contributed by atoms with Crippen molar-refractivity contribution in [3.05, 3.63) is 57.4 Å². The van der Waals surface area contributed by atoms with Crippen LogP contribution in [0.15, 0.2) is 42.7 Å². The smallest absolute Gasteiger partial charge is 0.138 e. The summed E-state index contributed by atoms with van der Waals surface area (Å²) in [6.07, 6.45) is 3.79. The minimum absolute atomic E-state index is 0.118. The topological polar surface area (TPSA) is 34.2 Å². The van der Waals surface area contributed by atoms with Gasteiger partial charge in [0.05, 0.1) is 18.3 Å². The van der Waals surface area contributed by atoms with E-state index in [1.807, 2.05) is 33.2 Å². The van der Waals surface area contributed by atoms with Crippen molar-refractivity contribution in [2.24, 2.45) is 0 Å². The first-order valence-electron chi connectivity index (χ1n) is 6.64. The quantitative estimate of drug-likeness (QED) is 0.800. The second kappa shape index (κ2) is 7.04. The van der Waals surface area contributed by atoms with E-state index in [0.717, 1.165) is 11.3 Å². The molecule has 106 valence electrons. The molecular weight excluding hydrogens is 363 g/mol. The lowest BCUT2D eigenvalue weighted by Crippen LogP contribution is -2.18. The fraction of sp³-hybridized carbons (Fsp3) is 0.312. The van der Waals surface area contributed by atoms with Gasteiger partial charge in [-0.2, -0.15) is 0 Å². The lowest BCUT2D eigenvalue weighted by molar-refractivity contribution is 0.241. The summed E-state index contributed by atoms with van der Waals surface area (Å²) < 4.78 is 6.94. The summed E-state index contributed by atoms with van der Waals surface area (Å²) in [6, 6.07) is 10.6. The average Bonchev–Trinajstić information content (AvgIpc) is 2.39. The van der Waals surface area contributed by atoms with E-state index in [9.17, 15) is 0 Å². The van der Waals surface area contributed by atoms with Gasteiger partial charge in [-0.15, -0.1) is 0 Å². The maximum Gasteiger partial charge on any atom is 0.138 e. The van der Waals surface area contributed by atoms with E-state index in [-0.39, 0.29) is 12.1 Å². The zero-order chi connectivity index (χ0) is 14.5. The van der Waals surface area contributed by atoms with E-state index in [0.29, 0.717) is 0 Å². The molecule has 0 aliphatic rings. The lowest BCUT2D eigenvalue weighted by Gasteiger charge is -2.18. The molecule has 0 aliphatic carbocycles. The molecule has 1 aromatic carbocycles. The highest BCUT2D eigenvalue weighted by Gasteiger charge is 2.13. The molecule has 0 saturated heterocycles. The molecular formula is C16H19IN2O. The summed E-state index contributed by atoms with van der Waals surface area (Å²) in [5, 5.41) is 3.34. The molecule has 1 heterocycles. The minimum atomic E-state index is 0.118. The summed E-state index contributed by atoms with van der Waals surface area (Å²) in [4.78, 5) is 4.29. The van der Waals surface area contributed by atoms with Crippen molar-refractivity contribution in [1.82, 2.24) is 10.3 Å². The Morgan fingerprint density at radius 2 is 1.95 bits per heavy atom. The van der Waals surface area contributed by atoms with E-state index in [1.54, 1.807) is 6.20 Å². The molecule has 0 bridgehead atoms. The summed E-state index contributed by atoms with van der Waals surface area (Å²) >= 11 is 2.33. The Bertz CT molecular complexity index is 572. The Balaban J connectivity index is 2.32. The minimum Gasteiger partial charge on any atom is -0.489 e. The fourth-order valence-electron chi connectivity index (χ4n) is 2.14. The Morgan fingerprint density at radius 1 is 1.15 bits per heavy atom. The molecule has 0 radical (unpaired) electrons. The highest BCUT2D eigenvalue weighted by atomic mass is 127. The second-order valence-electron chi connectivity index (χ2n) is 4.90. The maximum atomic E-state index is 5.72. The number of ether oxygens (including phenoxy) is 1. The highest BCUT2D eigenvalue weighted by molar-refractivity contribution is 14.1. The molecule has 1 atom stereocenters. The molecule has 3 nitrogen and oxygen atoms in total. The summed E-state index contributed by atoms with van der Waals surface area (Å²) in [6.45, 7) is 4.03. The van der Waals surface area contributed by atoms with Crippen LogP contribution in [0.5, 0.6) is 5.75 Å². The number of hydrogen-bond acceptors (Lipinski definition) is 3. The van der Waals surface area contributed by atoms with Crippen molar-refractivity contribution < 1.29 is 4.74 Å². The first kappa shape index (κ1) is 15.3. The Kier molecular flexibility index (Phi) is 5.37. The normalized spacial score (nSPS) is 12.4. The third-order valence-electron chi connectivity index (χ3n) is 2.91. The van der Waals surface area contributed by atoms with Gasteiger partial charge in [-0.3, -0.25) is 4.98 Å². The van der Waals surface area contributed by atoms with Gasteiger partial charge in [0, 0.05) is 9.77 Å². The molecule has 4 heteroatoms. The van der Waals surface area contributed by atoms with Crippen LogP contribution in [-0.2, 0) is 0 Å². The molecule has 0 spiro atoms. The predicted octanol–water partition coefficient (Wildman–Crippen LogP) is 3.78. The molecule has 2 rings (SSSR count). The number of rotatable bonds is 5. The number of aromatic nitrogens is 1. The van der Waals surface area contributed by atoms with Gasteiger partial charge in [0.25, 0.3) is 0 Å². The largest absolute Gasteiger partial charge is 0.489 e. The van der Waals surface area contributed by atoms with E-state index in [1.165, 1.54) is 9.13 Å². The van der Waals surface area contributed by atoms with Gasteiger partial charge in [0.2, 0.25) is 0 Å². The van der Waals surface area contributed by atoms with Gasteiger partial charge >= 0.3 is 0 Å². The molecule has 0 fully saturated rings.